The molecule has 1 amide bonds. The lowest BCUT2D eigenvalue weighted by Gasteiger charge is -2.27. The maximum Gasteiger partial charge on any atom is 0.270 e. The van der Waals surface area contributed by atoms with Crippen LogP contribution in [0.25, 0.3) is 0 Å². The van der Waals surface area contributed by atoms with Crippen LogP contribution in [0.5, 0.6) is 0 Å². The summed E-state index contributed by atoms with van der Waals surface area (Å²) in [5.41, 5.74) is 2.65. The minimum absolute atomic E-state index is 0.121. The van der Waals surface area contributed by atoms with Crippen molar-refractivity contribution in [2.24, 2.45) is 0 Å². The lowest BCUT2D eigenvalue weighted by atomic mass is 10.2. The Balaban J connectivity index is 1.84. The van der Waals surface area contributed by atoms with E-state index in [4.69, 9.17) is 0 Å². The molecule has 106 valence electrons. The van der Waals surface area contributed by atoms with Crippen LogP contribution in [0.2, 0.25) is 0 Å². The molecule has 21 heavy (non-hydrogen) atoms. The van der Waals surface area contributed by atoms with Gasteiger partial charge in [0.1, 0.15) is 5.69 Å². The third-order valence-corrected chi connectivity index (χ3v) is 3.63. The monoisotopic (exact) mass is 278 g/mol. The van der Waals surface area contributed by atoms with Crippen LogP contribution in [0.1, 0.15) is 35.0 Å². The van der Waals surface area contributed by atoms with Gasteiger partial charge in [0.25, 0.3) is 5.91 Å². The number of fused-ring (bicyclic) bond motifs is 1. The van der Waals surface area contributed by atoms with E-state index in [0.717, 1.165) is 42.9 Å². The second-order valence-electron chi connectivity index (χ2n) is 5.22. The zero-order valence-corrected chi connectivity index (χ0v) is 12.2. The van der Waals surface area contributed by atoms with E-state index in [0.29, 0.717) is 0 Å². The fraction of sp³-hybridized carbons (Fsp3) is 0.278. The zero-order chi connectivity index (χ0) is 14.7. The van der Waals surface area contributed by atoms with E-state index in [1.165, 1.54) is 0 Å². The molecule has 0 aliphatic carbocycles. The summed E-state index contributed by atoms with van der Waals surface area (Å²) < 4.78 is 2.02. The van der Waals surface area contributed by atoms with E-state index in [1.807, 2.05) is 52.1 Å². The average Bonchev–Trinajstić information content (AvgIpc) is 2.93. The molecule has 0 fully saturated rings. The van der Waals surface area contributed by atoms with Gasteiger partial charge >= 0.3 is 0 Å². The van der Waals surface area contributed by atoms with Gasteiger partial charge < -0.3 is 9.47 Å². The highest BCUT2D eigenvalue weighted by Gasteiger charge is 2.24. The van der Waals surface area contributed by atoms with E-state index in [9.17, 15) is 4.79 Å². The Morgan fingerprint density at radius 2 is 1.86 bits per heavy atom. The SMILES string of the molecule is CCCN1CCn2cc(C#Cc3ccccc3)cc2C1=O. The van der Waals surface area contributed by atoms with Crippen LogP contribution < -0.4 is 0 Å². The molecule has 0 radical (unpaired) electrons. The van der Waals surface area contributed by atoms with Crippen molar-refractivity contribution in [3.63, 3.8) is 0 Å². The summed E-state index contributed by atoms with van der Waals surface area (Å²) in [6.45, 7) is 4.57. The molecule has 1 aromatic heterocycles. The van der Waals surface area contributed by atoms with E-state index in [2.05, 4.69) is 18.8 Å². The van der Waals surface area contributed by atoms with Gasteiger partial charge in [-0.25, -0.2) is 0 Å². The van der Waals surface area contributed by atoms with Crippen molar-refractivity contribution in [2.45, 2.75) is 19.9 Å². The highest BCUT2D eigenvalue weighted by molar-refractivity contribution is 5.94. The van der Waals surface area contributed by atoms with E-state index < -0.39 is 0 Å². The standard InChI is InChI=1S/C18H18N2O/c1-2-10-19-11-12-20-14-16(13-17(20)18(19)21)9-8-15-6-4-3-5-7-15/h3-7,13-14H,2,10-12H2,1H3. The largest absolute Gasteiger partial charge is 0.340 e. The molecule has 0 unspecified atom stereocenters. The number of benzene rings is 1. The lowest BCUT2D eigenvalue weighted by Crippen LogP contribution is -2.40. The Morgan fingerprint density at radius 1 is 1.10 bits per heavy atom. The van der Waals surface area contributed by atoms with Crippen molar-refractivity contribution < 1.29 is 4.79 Å². The van der Waals surface area contributed by atoms with E-state index in [-0.39, 0.29) is 5.91 Å². The molecule has 2 heterocycles. The van der Waals surface area contributed by atoms with Gasteiger partial charge in [-0.05, 0) is 24.6 Å². The molecule has 1 aliphatic heterocycles. The van der Waals surface area contributed by atoms with Crippen LogP contribution in [0.4, 0.5) is 0 Å². The second kappa shape index (κ2) is 5.88. The third-order valence-electron chi connectivity index (χ3n) is 3.63. The van der Waals surface area contributed by atoms with Crippen molar-refractivity contribution in [2.75, 3.05) is 13.1 Å². The Bertz CT molecular complexity index is 704. The first-order valence-electron chi connectivity index (χ1n) is 7.34. The van der Waals surface area contributed by atoms with Crippen molar-refractivity contribution in [1.82, 2.24) is 9.47 Å². The number of carbonyl (C=O) groups excluding carboxylic acids is 1. The average molecular weight is 278 g/mol. The molecule has 0 saturated heterocycles. The van der Waals surface area contributed by atoms with Gasteiger partial charge in [-0.15, -0.1) is 0 Å². The lowest BCUT2D eigenvalue weighted by molar-refractivity contribution is 0.0705. The van der Waals surface area contributed by atoms with E-state index in [1.54, 1.807) is 0 Å². The first-order valence-corrected chi connectivity index (χ1v) is 7.34. The molecular weight excluding hydrogens is 260 g/mol. The molecular formula is C18H18N2O. The minimum atomic E-state index is 0.121. The molecule has 3 nitrogen and oxygen atoms in total. The molecule has 0 N–H and O–H groups in total. The number of rotatable bonds is 2. The molecule has 2 aromatic rings. The molecule has 0 saturated carbocycles. The summed E-state index contributed by atoms with van der Waals surface area (Å²) in [6.07, 6.45) is 2.97. The molecule has 0 spiro atoms. The fourth-order valence-electron chi connectivity index (χ4n) is 2.58. The number of hydrogen-bond donors (Lipinski definition) is 0. The highest BCUT2D eigenvalue weighted by Crippen LogP contribution is 2.16. The summed E-state index contributed by atoms with van der Waals surface area (Å²) in [5.74, 6) is 6.40. The van der Waals surface area contributed by atoms with Gasteiger partial charge in [0.2, 0.25) is 0 Å². The van der Waals surface area contributed by atoms with Gasteiger partial charge in [0.05, 0.1) is 0 Å². The molecule has 0 atom stereocenters. The van der Waals surface area contributed by atoms with Crippen LogP contribution in [0.15, 0.2) is 42.6 Å². The predicted octanol–water partition coefficient (Wildman–Crippen LogP) is 2.75. The quantitative estimate of drug-likeness (QED) is 0.775. The summed E-state index contributed by atoms with van der Waals surface area (Å²) in [4.78, 5) is 14.3. The highest BCUT2D eigenvalue weighted by atomic mass is 16.2. The number of aromatic nitrogens is 1. The fourth-order valence-corrected chi connectivity index (χ4v) is 2.58. The normalized spacial score (nSPS) is 13.6. The van der Waals surface area contributed by atoms with Gasteiger partial charge in [-0.3, -0.25) is 4.79 Å². The van der Waals surface area contributed by atoms with Crippen molar-refractivity contribution in [1.29, 1.82) is 0 Å². The zero-order valence-electron chi connectivity index (χ0n) is 12.2. The van der Waals surface area contributed by atoms with Gasteiger partial charge in [-0.2, -0.15) is 0 Å². The second-order valence-corrected chi connectivity index (χ2v) is 5.22. The van der Waals surface area contributed by atoms with Crippen LogP contribution in [-0.4, -0.2) is 28.5 Å². The summed E-state index contributed by atoms with van der Waals surface area (Å²) in [6, 6.07) is 11.8. The molecule has 1 aromatic carbocycles. The molecule has 3 heteroatoms. The first-order chi connectivity index (χ1) is 10.3. The van der Waals surface area contributed by atoms with Gasteiger partial charge in [0, 0.05) is 37.0 Å². The third kappa shape index (κ3) is 2.85. The van der Waals surface area contributed by atoms with Gasteiger partial charge in [-0.1, -0.05) is 37.0 Å². The van der Waals surface area contributed by atoms with Crippen LogP contribution in [0.3, 0.4) is 0 Å². The van der Waals surface area contributed by atoms with Crippen LogP contribution >= 0.6 is 0 Å². The Labute approximate surface area is 125 Å². The Morgan fingerprint density at radius 3 is 2.62 bits per heavy atom. The number of amides is 1. The smallest absolute Gasteiger partial charge is 0.270 e. The number of hydrogen-bond acceptors (Lipinski definition) is 1. The summed E-state index contributed by atoms with van der Waals surface area (Å²) in [5, 5.41) is 0. The van der Waals surface area contributed by atoms with E-state index >= 15 is 0 Å². The van der Waals surface area contributed by atoms with Crippen LogP contribution in [0, 0.1) is 11.8 Å². The van der Waals surface area contributed by atoms with Crippen molar-refractivity contribution in [3.05, 3.63) is 59.4 Å². The maximum absolute atomic E-state index is 12.4. The maximum atomic E-state index is 12.4. The molecule has 0 bridgehead atoms. The number of nitrogens with zero attached hydrogens (tertiary/aromatic N) is 2. The Hall–Kier alpha value is -2.47. The topological polar surface area (TPSA) is 25.2 Å². The van der Waals surface area contributed by atoms with Gasteiger partial charge in [0.15, 0.2) is 0 Å². The number of carbonyl (C=O) groups is 1. The van der Waals surface area contributed by atoms with Crippen molar-refractivity contribution in [3.8, 4) is 11.8 Å². The first kappa shape index (κ1) is 13.5. The van der Waals surface area contributed by atoms with Crippen LogP contribution in [-0.2, 0) is 6.54 Å². The Kier molecular flexibility index (Phi) is 3.79. The predicted molar refractivity (Wildman–Crippen MR) is 83.0 cm³/mol. The molecule has 3 rings (SSSR count). The summed E-state index contributed by atoms with van der Waals surface area (Å²) in [7, 11) is 0. The summed E-state index contributed by atoms with van der Waals surface area (Å²) >= 11 is 0. The molecule has 1 aliphatic rings. The van der Waals surface area contributed by atoms with Crippen molar-refractivity contribution >= 4 is 5.91 Å². The minimum Gasteiger partial charge on any atom is -0.340 e.